The second-order valence-electron chi connectivity index (χ2n) is 2.68. The van der Waals surface area contributed by atoms with Crippen LogP contribution < -0.4 is 0 Å². The van der Waals surface area contributed by atoms with Gasteiger partial charge in [0.2, 0.25) is 0 Å². The van der Waals surface area contributed by atoms with E-state index < -0.39 is 0 Å². The predicted octanol–water partition coefficient (Wildman–Crippen LogP) is 1.32. The van der Waals surface area contributed by atoms with E-state index in [2.05, 4.69) is 6.08 Å². The van der Waals surface area contributed by atoms with Gasteiger partial charge in [0, 0.05) is 0 Å². The number of aldehydes is 1. The zero-order valence-corrected chi connectivity index (χ0v) is 5.08. The zero-order chi connectivity index (χ0) is 6.27. The number of fused-ring (bicyclic) bond motifs is 1. The van der Waals surface area contributed by atoms with E-state index in [-0.39, 0.29) is 0 Å². The number of rotatable bonds is 1. The summed E-state index contributed by atoms with van der Waals surface area (Å²) in [6.07, 6.45) is 8.26. The van der Waals surface area contributed by atoms with E-state index in [0.717, 1.165) is 11.9 Å². The maximum absolute atomic E-state index is 10.3. The molecule has 0 aromatic rings. The molecule has 0 aromatic heterocycles. The molecule has 0 aliphatic heterocycles. The van der Waals surface area contributed by atoms with Crippen LogP contribution in [0.3, 0.4) is 0 Å². The van der Waals surface area contributed by atoms with Crippen molar-refractivity contribution in [2.45, 2.75) is 6.42 Å². The fraction of sp³-hybridized carbons (Fsp3) is 0.375. The van der Waals surface area contributed by atoms with Crippen molar-refractivity contribution >= 4 is 6.29 Å². The quantitative estimate of drug-likeness (QED) is 0.477. The summed E-state index contributed by atoms with van der Waals surface area (Å²) in [5, 5.41) is 0. The highest BCUT2D eigenvalue weighted by Crippen LogP contribution is 2.46. The molecule has 0 spiro atoms. The SMILES string of the molecule is O=CC1=CC=CC2CC12. The minimum absolute atomic E-state index is 0.590. The van der Waals surface area contributed by atoms with Gasteiger partial charge in [-0.25, -0.2) is 0 Å². The summed E-state index contributed by atoms with van der Waals surface area (Å²) in [7, 11) is 0. The first-order chi connectivity index (χ1) is 4.42. The third-order valence-electron chi connectivity index (χ3n) is 2.05. The summed E-state index contributed by atoms with van der Waals surface area (Å²) in [6, 6.07) is 0. The van der Waals surface area contributed by atoms with Crippen LogP contribution in [0, 0.1) is 11.8 Å². The maximum atomic E-state index is 10.3. The van der Waals surface area contributed by atoms with Crippen LogP contribution in [0.5, 0.6) is 0 Å². The Hall–Kier alpha value is -0.850. The molecule has 46 valence electrons. The second-order valence-corrected chi connectivity index (χ2v) is 2.68. The van der Waals surface area contributed by atoms with Crippen molar-refractivity contribution in [3.63, 3.8) is 0 Å². The summed E-state index contributed by atoms with van der Waals surface area (Å²) < 4.78 is 0. The molecule has 0 heterocycles. The van der Waals surface area contributed by atoms with Crippen LogP contribution in [-0.4, -0.2) is 6.29 Å². The molecular weight excluding hydrogens is 112 g/mol. The monoisotopic (exact) mass is 120 g/mol. The Bertz CT molecular complexity index is 201. The topological polar surface area (TPSA) is 17.1 Å². The molecule has 1 fully saturated rings. The molecule has 1 saturated carbocycles. The molecule has 1 heteroatoms. The summed E-state index contributed by atoms with van der Waals surface area (Å²) >= 11 is 0. The highest BCUT2D eigenvalue weighted by atomic mass is 16.1. The minimum Gasteiger partial charge on any atom is -0.298 e. The molecule has 0 saturated heterocycles. The van der Waals surface area contributed by atoms with E-state index in [1.165, 1.54) is 6.42 Å². The Kier molecular flexibility index (Phi) is 0.865. The lowest BCUT2D eigenvalue weighted by Gasteiger charge is -1.97. The molecule has 2 unspecified atom stereocenters. The molecule has 0 amide bonds. The van der Waals surface area contributed by atoms with Gasteiger partial charge >= 0.3 is 0 Å². The van der Waals surface area contributed by atoms with Crippen molar-refractivity contribution in [2.24, 2.45) is 11.8 Å². The molecule has 2 atom stereocenters. The Morgan fingerprint density at radius 3 is 3.22 bits per heavy atom. The highest BCUT2D eigenvalue weighted by Gasteiger charge is 2.38. The Labute approximate surface area is 54.1 Å². The summed E-state index contributed by atoms with van der Waals surface area (Å²) in [6.45, 7) is 0. The van der Waals surface area contributed by atoms with Crippen LogP contribution in [0.1, 0.15) is 6.42 Å². The average molecular weight is 120 g/mol. The van der Waals surface area contributed by atoms with Gasteiger partial charge in [-0.15, -0.1) is 0 Å². The van der Waals surface area contributed by atoms with E-state index in [0.29, 0.717) is 11.8 Å². The third kappa shape index (κ3) is 0.645. The fourth-order valence-electron chi connectivity index (χ4n) is 1.37. The van der Waals surface area contributed by atoms with Gasteiger partial charge in [0.1, 0.15) is 6.29 Å². The van der Waals surface area contributed by atoms with Crippen molar-refractivity contribution in [2.75, 3.05) is 0 Å². The van der Waals surface area contributed by atoms with Crippen LogP contribution in [0.2, 0.25) is 0 Å². The molecule has 0 aromatic carbocycles. The van der Waals surface area contributed by atoms with E-state index in [4.69, 9.17) is 0 Å². The molecule has 1 nitrogen and oxygen atoms in total. The molecule has 0 N–H and O–H groups in total. The fourth-order valence-corrected chi connectivity index (χ4v) is 1.37. The van der Waals surface area contributed by atoms with Gasteiger partial charge in [-0.05, 0) is 23.8 Å². The van der Waals surface area contributed by atoms with Gasteiger partial charge in [-0.3, -0.25) is 4.79 Å². The van der Waals surface area contributed by atoms with Crippen LogP contribution in [-0.2, 0) is 4.79 Å². The first kappa shape index (κ1) is 4.98. The van der Waals surface area contributed by atoms with Crippen molar-refractivity contribution in [3.05, 3.63) is 23.8 Å². The molecule has 0 radical (unpaired) electrons. The number of hydrogen-bond acceptors (Lipinski definition) is 1. The first-order valence-electron chi connectivity index (χ1n) is 3.25. The Balaban J connectivity index is 2.29. The van der Waals surface area contributed by atoms with Gasteiger partial charge in [0.15, 0.2) is 0 Å². The van der Waals surface area contributed by atoms with Crippen molar-refractivity contribution < 1.29 is 4.79 Å². The molecule has 2 rings (SSSR count). The van der Waals surface area contributed by atoms with Gasteiger partial charge in [0.05, 0.1) is 0 Å². The van der Waals surface area contributed by atoms with E-state index in [1.54, 1.807) is 0 Å². The number of carbonyl (C=O) groups is 1. The summed E-state index contributed by atoms with van der Waals surface area (Å²) in [5.74, 6) is 1.29. The molecular formula is C8H8O. The first-order valence-corrected chi connectivity index (χ1v) is 3.25. The smallest absolute Gasteiger partial charge is 0.146 e. The Morgan fingerprint density at radius 2 is 2.56 bits per heavy atom. The third-order valence-corrected chi connectivity index (χ3v) is 2.05. The summed E-state index contributed by atoms with van der Waals surface area (Å²) in [4.78, 5) is 10.3. The van der Waals surface area contributed by atoms with Crippen molar-refractivity contribution in [3.8, 4) is 0 Å². The standard InChI is InChI=1S/C8H8O/c9-5-7-3-1-2-6-4-8(6)7/h1-3,5-6,8H,4H2. The van der Waals surface area contributed by atoms with Crippen LogP contribution in [0.25, 0.3) is 0 Å². The molecule has 9 heavy (non-hydrogen) atoms. The van der Waals surface area contributed by atoms with Crippen LogP contribution in [0.4, 0.5) is 0 Å². The lowest BCUT2D eigenvalue weighted by molar-refractivity contribution is -0.105. The van der Waals surface area contributed by atoms with Crippen molar-refractivity contribution in [1.82, 2.24) is 0 Å². The van der Waals surface area contributed by atoms with E-state index >= 15 is 0 Å². The lowest BCUT2D eigenvalue weighted by Crippen LogP contribution is -1.91. The average Bonchev–Trinajstić information content (AvgIpc) is 2.64. The van der Waals surface area contributed by atoms with Gasteiger partial charge < -0.3 is 0 Å². The van der Waals surface area contributed by atoms with Crippen LogP contribution >= 0.6 is 0 Å². The molecule has 2 aliphatic rings. The highest BCUT2D eigenvalue weighted by molar-refractivity contribution is 5.76. The summed E-state index contributed by atoms with van der Waals surface area (Å²) in [5.41, 5.74) is 0.988. The number of carbonyl (C=O) groups excluding carboxylic acids is 1. The second kappa shape index (κ2) is 1.56. The molecule has 0 bridgehead atoms. The van der Waals surface area contributed by atoms with E-state index in [1.807, 2.05) is 12.2 Å². The number of hydrogen-bond donors (Lipinski definition) is 0. The largest absolute Gasteiger partial charge is 0.298 e. The minimum atomic E-state index is 0.590. The van der Waals surface area contributed by atoms with Crippen LogP contribution in [0.15, 0.2) is 23.8 Å². The van der Waals surface area contributed by atoms with Gasteiger partial charge in [-0.2, -0.15) is 0 Å². The number of allylic oxidation sites excluding steroid dienone is 4. The zero-order valence-electron chi connectivity index (χ0n) is 5.08. The van der Waals surface area contributed by atoms with Gasteiger partial charge in [-0.1, -0.05) is 18.2 Å². The predicted molar refractivity (Wildman–Crippen MR) is 34.9 cm³/mol. The van der Waals surface area contributed by atoms with Gasteiger partial charge in [0.25, 0.3) is 0 Å². The van der Waals surface area contributed by atoms with E-state index in [9.17, 15) is 4.79 Å². The maximum Gasteiger partial charge on any atom is 0.146 e. The van der Waals surface area contributed by atoms with Crippen molar-refractivity contribution in [1.29, 1.82) is 0 Å². The normalized spacial score (nSPS) is 37.1. The lowest BCUT2D eigenvalue weighted by atomic mass is 10.1. The Morgan fingerprint density at radius 1 is 1.67 bits per heavy atom. The molecule has 2 aliphatic carbocycles.